The first kappa shape index (κ1) is 8.21. The van der Waals surface area contributed by atoms with Gasteiger partial charge in [0.1, 0.15) is 0 Å². The lowest BCUT2D eigenvalue weighted by atomic mass is 10.2. The fourth-order valence-electron chi connectivity index (χ4n) is 0.748. The van der Waals surface area contributed by atoms with Crippen LogP contribution in [0, 0.1) is 0 Å². The van der Waals surface area contributed by atoms with Crippen molar-refractivity contribution in [3.8, 4) is 0 Å². The van der Waals surface area contributed by atoms with Crippen LogP contribution in [0.5, 0.6) is 0 Å². The van der Waals surface area contributed by atoms with E-state index in [1.165, 1.54) is 0 Å². The van der Waals surface area contributed by atoms with E-state index in [2.05, 4.69) is 0 Å². The van der Waals surface area contributed by atoms with E-state index in [0.717, 1.165) is 13.0 Å². The van der Waals surface area contributed by atoms with E-state index < -0.39 is 0 Å². The van der Waals surface area contributed by atoms with E-state index in [9.17, 15) is 0 Å². The molecule has 0 saturated carbocycles. The summed E-state index contributed by atoms with van der Waals surface area (Å²) >= 11 is 0. The molecule has 1 fully saturated rings. The molecule has 0 spiro atoms. The molecular formula is C5H12ClNO. The molecule has 2 atom stereocenters. The molecule has 1 heterocycles. The summed E-state index contributed by atoms with van der Waals surface area (Å²) in [4.78, 5) is 0. The van der Waals surface area contributed by atoms with Crippen molar-refractivity contribution < 1.29 is 4.74 Å². The zero-order chi connectivity index (χ0) is 5.28. The average molecular weight is 138 g/mol. The molecule has 2 N–H and O–H groups in total. The van der Waals surface area contributed by atoms with Crippen LogP contribution in [0.15, 0.2) is 0 Å². The summed E-state index contributed by atoms with van der Waals surface area (Å²) in [6.07, 6.45) is 1.32. The molecule has 0 aromatic carbocycles. The van der Waals surface area contributed by atoms with Gasteiger partial charge in [0.2, 0.25) is 0 Å². The second-order valence-corrected chi connectivity index (χ2v) is 2.03. The topological polar surface area (TPSA) is 35.2 Å². The van der Waals surface area contributed by atoms with Crippen LogP contribution < -0.4 is 5.73 Å². The Balaban J connectivity index is 0.000000490. The fourth-order valence-corrected chi connectivity index (χ4v) is 0.748. The highest BCUT2D eigenvalue weighted by Gasteiger charge is 2.18. The number of nitrogens with two attached hydrogens (primary N) is 1. The van der Waals surface area contributed by atoms with Gasteiger partial charge in [0, 0.05) is 12.6 Å². The van der Waals surface area contributed by atoms with Crippen LogP contribution in [0.2, 0.25) is 0 Å². The van der Waals surface area contributed by atoms with Crippen LogP contribution in [0.1, 0.15) is 13.3 Å². The molecule has 50 valence electrons. The van der Waals surface area contributed by atoms with Gasteiger partial charge in [0.05, 0.1) is 6.10 Å². The minimum absolute atomic E-state index is 0. The maximum Gasteiger partial charge on any atom is 0.0698 e. The van der Waals surface area contributed by atoms with Crippen molar-refractivity contribution in [1.82, 2.24) is 0 Å². The second-order valence-electron chi connectivity index (χ2n) is 2.03. The SMILES string of the molecule is C[C@@H]1OCC[C@@H]1N.Cl. The Hall–Kier alpha value is 0.210. The van der Waals surface area contributed by atoms with Crippen molar-refractivity contribution in [3.63, 3.8) is 0 Å². The van der Waals surface area contributed by atoms with Crippen molar-refractivity contribution in [2.75, 3.05) is 6.61 Å². The van der Waals surface area contributed by atoms with Crippen LogP contribution >= 0.6 is 12.4 Å². The normalized spacial score (nSPS) is 36.8. The number of hydrogen-bond donors (Lipinski definition) is 1. The summed E-state index contributed by atoms with van der Waals surface area (Å²) in [5.74, 6) is 0. The Morgan fingerprint density at radius 2 is 2.25 bits per heavy atom. The molecule has 3 heteroatoms. The van der Waals surface area contributed by atoms with Crippen LogP contribution in [0.3, 0.4) is 0 Å². The minimum Gasteiger partial charge on any atom is -0.377 e. The maximum absolute atomic E-state index is 5.55. The van der Waals surface area contributed by atoms with Crippen LogP contribution in [0.25, 0.3) is 0 Å². The maximum atomic E-state index is 5.55. The highest BCUT2D eigenvalue weighted by atomic mass is 35.5. The van der Waals surface area contributed by atoms with Crippen molar-refractivity contribution >= 4 is 12.4 Å². The molecule has 1 aliphatic rings. The summed E-state index contributed by atoms with van der Waals surface area (Å²) < 4.78 is 5.14. The van der Waals surface area contributed by atoms with Gasteiger partial charge in [-0.3, -0.25) is 0 Å². The van der Waals surface area contributed by atoms with Crippen molar-refractivity contribution in [1.29, 1.82) is 0 Å². The monoisotopic (exact) mass is 137 g/mol. The Morgan fingerprint density at radius 1 is 1.62 bits per heavy atom. The lowest BCUT2D eigenvalue weighted by Crippen LogP contribution is -2.26. The molecule has 1 saturated heterocycles. The smallest absolute Gasteiger partial charge is 0.0698 e. The van der Waals surface area contributed by atoms with Gasteiger partial charge in [0.25, 0.3) is 0 Å². The van der Waals surface area contributed by atoms with E-state index in [4.69, 9.17) is 10.5 Å². The first-order valence-corrected chi connectivity index (χ1v) is 2.68. The molecule has 0 aromatic rings. The number of halogens is 1. The summed E-state index contributed by atoms with van der Waals surface area (Å²) in [7, 11) is 0. The Labute approximate surface area is 55.8 Å². The summed E-state index contributed by atoms with van der Waals surface area (Å²) in [5.41, 5.74) is 5.55. The van der Waals surface area contributed by atoms with E-state index in [-0.39, 0.29) is 12.4 Å². The predicted molar refractivity (Wildman–Crippen MR) is 35.3 cm³/mol. The van der Waals surface area contributed by atoms with Gasteiger partial charge in [-0.25, -0.2) is 0 Å². The largest absolute Gasteiger partial charge is 0.377 e. The van der Waals surface area contributed by atoms with E-state index in [0.29, 0.717) is 12.1 Å². The van der Waals surface area contributed by atoms with Crippen molar-refractivity contribution in [2.24, 2.45) is 5.73 Å². The zero-order valence-electron chi connectivity index (χ0n) is 4.96. The number of rotatable bonds is 0. The summed E-state index contributed by atoms with van der Waals surface area (Å²) in [6.45, 7) is 2.86. The third-order valence-electron chi connectivity index (χ3n) is 1.43. The molecule has 2 nitrogen and oxygen atoms in total. The van der Waals surface area contributed by atoms with Crippen LogP contribution in [-0.2, 0) is 4.74 Å². The molecule has 0 unspecified atom stereocenters. The molecule has 0 aromatic heterocycles. The Morgan fingerprint density at radius 3 is 2.38 bits per heavy atom. The average Bonchev–Trinajstić information content (AvgIpc) is 1.91. The van der Waals surface area contributed by atoms with Crippen molar-refractivity contribution in [2.45, 2.75) is 25.5 Å². The molecular weight excluding hydrogens is 126 g/mol. The van der Waals surface area contributed by atoms with Crippen molar-refractivity contribution in [3.05, 3.63) is 0 Å². The van der Waals surface area contributed by atoms with Gasteiger partial charge in [-0.05, 0) is 13.3 Å². The fraction of sp³-hybridized carbons (Fsp3) is 1.00. The molecule has 1 aliphatic heterocycles. The summed E-state index contributed by atoms with van der Waals surface area (Å²) in [5, 5.41) is 0. The van der Waals surface area contributed by atoms with E-state index in [1.807, 2.05) is 6.92 Å². The molecule has 8 heavy (non-hydrogen) atoms. The lowest BCUT2D eigenvalue weighted by Gasteiger charge is -2.04. The highest BCUT2D eigenvalue weighted by molar-refractivity contribution is 5.85. The standard InChI is InChI=1S/C5H11NO.ClH/c1-4-5(6)2-3-7-4;/h4-5H,2-3,6H2,1H3;1H/t4-,5-;/m0./s1. The third-order valence-corrected chi connectivity index (χ3v) is 1.43. The predicted octanol–water partition coefficient (Wildman–Crippen LogP) is 0.544. The third kappa shape index (κ3) is 1.62. The molecule has 0 amide bonds. The van der Waals surface area contributed by atoms with E-state index >= 15 is 0 Å². The lowest BCUT2D eigenvalue weighted by molar-refractivity contribution is 0.119. The molecule has 0 bridgehead atoms. The first-order valence-electron chi connectivity index (χ1n) is 2.68. The van der Waals surface area contributed by atoms with Gasteiger partial charge < -0.3 is 10.5 Å². The zero-order valence-corrected chi connectivity index (χ0v) is 5.78. The number of hydrogen-bond acceptors (Lipinski definition) is 2. The quantitative estimate of drug-likeness (QED) is 0.529. The van der Waals surface area contributed by atoms with Gasteiger partial charge >= 0.3 is 0 Å². The molecule has 0 radical (unpaired) electrons. The Kier molecular flexibility index (Phi) is 3.36. The highest BCUT2D eigenvalue weighted by Crippen LogP contribution is 2.08. The Bertz CT molecular complexity index is 61.4. The summed E-state index contributed by atoms with van der Waals surface area (Å²) in [6, 6.07) is 0.292. The van der Waals surface area contributed by atoms with E-state index in [1.54, 1.807) is 0 Å². The van der Waals surface area contributed by atoms with Crippen LogP contribution in [0.4, 0.5) is 0 Å². The van der Waals surface area contributed by atoms with Gasteiger partial charge in [-0.2, -0.15) is 0 Å². The molecule has 0 aliphatic carbocycles. The van der Waals surface area contributed by atoms with Gasteiger partial charge in [0.15, 0.2) is 0 Å². The first-order chi connectivity index (χ1) is 3.30. The van der Waals surface area contributed by atoms with Gasteiger partial charge in [-0.15, -0.1) is 12.4 Å². The number of ether oxygens (including phenoxy) is 1. The minimum atomic E-state index is 0. The molecule has 1 rings (SSSR count). The van der Waals surface area contributed by atoms with Crippen LogP contribution in [-0.4, -0.2) is 18.8 Å². The second kappa shape index (κ2) is 3.28. The van der Waals surface area contributed by atoms with Gasteiger partial charge in [-0.1, -0.05) is 0 Å².